The molecule has 2 aromatic rings. The van der Waals surface area contributed by atoms with Crippen LogP contribution < -0.4 is 4.74 Å². The van der Waals surface area contributed by atoms with Crippen molar-refractivity contribution < 1.29 is 14.5 Å². The summed E-state index contributed by atoms with van der Waals surface area (Å²) >= 11 is 0. The molecule has 5 nitrogen and oxygen atoms in total. The molecule has 0 saturated heterocycles. The molecule has 0 aliphatic heterocycles. The van der Waals surface area contributed by atoms with E-state index >= 15 is 0 Å². The molecular formula is C15H11NO4. The van der Waals surface area contributed by atoms with E-state index in [1.54, 1.807) is 24.3 Å². The third kappa shape index (κ3) is 3.08. The van der Waals surface area contributed by atoms with Crippen molar-refractivity contribution in [2.75, 3.05) is 0 Å². The van der Waals surface area contributed by atoms with E-state index in [1.807, 2.05) is 6.07 Å². The zero-order chi connectivity index (χ0) is 14.5. The molecule has 0 saturated carbocycles. The van der Waals surface area contributed by atoms with Crippen LogP contribution in [-0.4, -0.2) is 10.9 Å². The summed E-state index contributed by atoms with van der Waals surface area (Å²) in [5.74, 6) is -0.359. The summed E-state index contributed by atoms with van der Waals surface area (Å²) in [4.78, 5) is 21.9. The Morgan fingerprint density at radius 3 is 2.20 bits per heavy atom. The van der Waals surface area contributed by atoms with Crippen molar-refractivity contribution in [1.29, 1.82) is 0 Å². The highest BCUT2D eigenvalue weighted by molar-refractivity contribution is 6.16. The molecule has 0 N–H and O–H groups in total. The predicted molar refractivity (Wildman–Crippen MR) is 74.2 cm³/mol. The van der Waals surface area contributed by atoms with Crippen LogP contribution in [0.15, 0.2) is 61.2 Å². The first-order chi connectivity index (χ1) is 9.58. The fourth-order valence-corrected chi connectivity index (χ4v) is 1.56. The van der Waals surface area contributed by atoms with E-state index in [4.69, 9.17) is 4.74 Å². The lowest BCUT2D eigenvalue weighted by Crippen LogP contribution is -2.09. The molecule has 20 heavy (non-hydrogen) atoms. The number of hydrogen-bond donors (Lipinski definition) is 0. The molecule has 0 radical (unpaired) electrons. The van der Waals surface area contributed by atoms with Gasteiger partial charge in [0.1, 0.15) is 5.75 Å². The van der Waals surface area contributed by atoms with Gasteiger partial charge in [-0.15, -0.1) is 0 Å². The van der Waals surface area contributed by atoms with E-state index in [1.165, 1.54) is 24.3 Å². The van der Waals surface area contributed by atoms with Gasteiger partial charge in [-0.3, -0.25) is 10.1 Å². The van der Waals surface area contributed by atoms with Gasteiger partial charge in [0, 0.05) is 12.1 Å². The summed E-state index contributed by atoms with van der Waals surface area (Å²) in [5.41, 5.74) is 0.829. The van der Waals surface area contributed by atoms with Crippen molar-refractivity contribution in [2.24, 2.45) is 0 Å². The van der Waals surface area contributed by atoms with Crippen LogP contribution in [0.1, 0.15) is 5.56 Å². The van der Waals surface area contributed by atoms with Crippen molar-refractivity contribution in [3.05, 3.63) is 76.9 Å². The number of non-ortho nitro benzene ring substituents is 1. The second-order valence-electron chi connectivity index (χ2n) is 3.99. The Labute approximate surface area is 115 Å². The lowest BCUT2D eigenvalue weighted by atomic mass is 10.1. The van der Waals surface area contributed by atoms with Crippen molar-refractivity contribution >= 4 is 17.2 Å². The molecule has 0 amide bonds. The predicted octanol–water partition coefficient (Wildman–Crippen LogP) is 3.21. The minimum Gasteiger partial charge on any atom is -0.423 e. The van der Waals surface area contributed by atoms with E-state index in [9.17, 15) is 14.9 Å². The third-order valence-corrected chi connectivity index (χ3v) is 2.63. The first kappa shape index (κ1) is 13.5. The fraction of sp³-hybridized carbons (Fsp3) is 0. The molecule has 0 aliphatic carbocycles. The number of carbonyl (C=O) groups is 1. The van der Waals surface area contributed by atoms with Gasteiger partial charge in [-0.25, -0.2) is 4.79 Å². The average molecular weight is 269 g/mol. The van der Waals surface area contributed by atoms with Gasteiger partial charge in [0.25, 0.3) is 5.69 Å². The second kappa shape index (κ2) is 5.79. The Hall–Kier alpha value is -2.95. The first-order valence-corrected chi connectivity index (χ1v) is 5.79. The average Bonchev–Trinajstić information content (AvgIpc) is 2.48. The molecule has 2 aromatic carbocycles. The van der Waals surface area contributed by atoms with Gasteiger partial charge in [-0.1, -0.05) is 36.9 Å². The normalized spacial score (nSPS) is 9.80. The van der Waals surface area contributed by atoms with Gasteiger partial charge < -0.3 is 4.74 Å². The van der Waals surface area contributed by atoms with Crippen LogP contribution in [0.3, 0.4) is 0 Å². The van der Waals surface area contributed by atoms with Crippen LogP contribution in [-0.2, 0) is 4.79 Å². The largest absolute Gasteiger partial charge is 0.423 e. The van der Waals surface area contributed by atoms with Gasteiger partial charge in [-0.2, -0.15) is 0 Å². The lowest BCUT2D eigenvalue weighted by Gasteiger charge is -2.06. The van der Waals surface area contributed by atoms with E-state index in [-0.39, 0.29) is 17.0 Å². The summed E-state index contributed by atoms with van der Waals surface area (Å²) in [5, 5.41) is 10.5. The van der Waals surface area contributed by atoms with E-state index in [2.05, 4.69) is 6.58 Å². The molecule has 0 aliphatic rings. The molecule has 0 atom stereocenters. The zero-order valence-electron chi connectivity index (χ0n) is 10.5. The van der Waals surface area contributed by atoms with Gasteiger partial charge in [0.05, 0.1) is 10.5 Å². The number of ether oxygens (including phenoxy) is 1. The maximum absolute atomic E-state index is 11.9. The number of rotatable bonds is 4. The van der Waals surface area contributed by atoms with Crippen LogP contribution in [0.5, 0.6) is 5.75 Å². The van der Waals surface area contributed by atoms with Crippen molar-refractivity contribution in [3.63, 3.8) is 0 Å². The number of benzene rings is 2. The van der Waals surface area contributed by atoms with Crippen LogP contribution >= 0.6 is 0 Å². The highest BCUT2D eigenvalue weighted by atomic mass is 16.6. The standard InChI is InChI=1S/C15H11NO4/c1-11(12-5-3-2-4-6-12)15(17)20-14-9-7-13(8-10-14)16(18)19/h2-10H,1H2. The summed E-state index contributed by atoms with van der Waals surface area (Å²) in [6.07, 6.45) is 0. The van der Waals surface area contributed by atoms with Crippen LogP contribution in [0, 0.1) is 10.1 Å². The molecule has 0 bridgehead atoms. The summed E-state index contributed by atoms with van der Waals surface area (Å²) < 4.78 is 5.10. The van der Waals surface area contributed by atoms with E-state index in [0.717, 1.165) is 0 Å². The molecule has 0 aromatic heterocycles. The Morgan fingerprint density at radius 2 is 1.65 bits per heavy atom. The van der Waals surface area contributed by atoms with Gasteiger partial charge in [0.2, 0.25) is 0 Å². The summed E-state index contributed by atoms with van der Waals surface area (Å²) in [6, 6.07) is 14.2. The van der Waals surface area contributed by atoms with Gasteiger partial charge >= 0.3 is 5.97 Å². The smallest absolute Gasteiger partial charge is 0.343 e. The SMILES string of the molecule is C=C(C(=O)Oc1ccc([N+](=O)[O-])cc1)c1ccccc1. The van der Waals surface area contributed by atoms with Crippen LogP contribution in [0.2, 0.25) is 0 Å². The highest BCUT2D eigenvalue weighted by Crippen LogP contribution is 2.20. The minimum atomic E-state index is -0.593. The first-order valence-electron chi connectivity index (χ1n) is 5.79. The Balaban J connectivity index is 2.08. The highest BCUT2D eigenvalue weighted by Gasteiger charge is 2.12. The second-order valence-corrected chi connectivity index (χ2v) is 3.99. The van der Waals surface area contributed by atoms with E-state index in [0.29, 0.717) is 5.56 Å². The van der Waals surface area contributed by atoms with Crippen molar-refractivity contribution in [2.45, 2.75) is 0 Å². The number of esters is 1. The van der Waals surface area contributed by atoms with Gasteiger partial charge in [0.15, 0.2) is 0 Å². The number of nitrogens with zero attached hydrogens (tertiary/aromatic N) is 1. The molecular weight excluding hydrogens is 258 g/mol. The Bertz CT molecular complexity index is 647. The topological polar surface area (TPSA) is 69.4 Å². The molecule has 0 heterocycles. The quantitative estimate of drug-likeness (QED) is 0.281. The van der Waals surface area contributed by atoms with Crippen molar-refractivity contribution in [1.82, 2.24) is 0 Å². The maximum atomic E-state index is 11.9. The monoisotopic (exact) mass is 269 g/mol. The summed E-state index contributed by atoms with van der Waals surface area (Å²) in [7, 11) is 0. The summed E-state index contributed by atoms with van der Waals surface area (Å²) in [6.45, 7) is 3.68. The number of nitro groups is 1. The fourth-order valence-electron chi connectivity index (χ4n) is 1.56. The maximum Gasteiger partial charge on any atom is 0.343 e. The molecule has 100 valence electrons. The third-order valence-electron chi connectivity index (χ3n) is 2.63. The molecule has 5 heteroatoms. The lowest BCUT2D eigenvalue weighted by molar-refractivity contribution is -0.384. The molecule has 0 unspecified atom stereocenters. The number of hydrogen-bond acceptors (Lipinski definition) is 4. The number of nitro benzene ring substituents is 1. The van der Waals surface area contributed by atoms with Crippen LogP contribution in [0.25, 0.3) is 5.57 Å². The van der Waals surface area contributed by atoms with E-state index < -0.39 is 10.9 Å². The Kier molecular flexibility index (Phi) is 3.91. The minimum absolute atomic E-state index is 0.0633. The Morgan fingerprint density at radius 1 is 1.05 bits per heavy atom. The van der Waals surface area contributed by atoms with Gasteiger partial charge in [-0.05, 0) is 17.7 Å². The molecule has 2 rings (SSSR count). The molecule has 0 spiro atoms. The molecule has 0 fully saturated rings. The number of carbonyl (C=O) groups excluding carboxylic acids is 1. The van der Waals surface area contributed by atoms with Crippen molar-refractivity contribution in [3.8, 4) is 5.75 Å². The van der Waals surface area contributed by atoms with Crippen LogP contribution in [0.4, 0.5) is 5.69 Å². The zero-order valence-corrected chi connectivity index (χ0v) is 10.5.